The molecule has 3 nitrogen and oxygen atoms in total. The third-order valence-electron chi connectivity index (χ3n) is 11.6. The lowest BCUT2D eigenvalue weighted by Crippen LogP contribution is -2.26. The van der Waals surface area contributed by atoms with E-state index in [2.05, 4.69) is 25.1 Å². The fraction of sp³-hybridized carbons (Fsp3) is 0.730. The Morgan fingerprint density at radius 1 is 0.643 bits per heavy atom. The molecule has 0 saturated heterocycles. The fourth-order valence-corrected chi connectivity index (χ4v) is 11.7. The predicted octanol–water partition coefficient (Wildman–Crippen LogP) is 11.2. The zero-order valence-corrected chi connectivity index (χ0v) is 27.7. The largest absolute Gasteiger partial charge is 0.294 e. The van der Waals surface area contributed by atoms with Gasteiger partial charge in [0.1, 0.15) is 0 Å². The van der Waals surface area contributed by atoms with E-state index in [0.29, 0.717) is 22.7 Å². The maximum Gasteiger partial charge on any atom is 0.294 e. The number of allylic oxidation sites excluding steroid dienone is 2. The van der Waals surface area contributed by atoms with E-state index in [1.54, 1.807) is 16.7 Å². The summed E-state index contributed by atoms with van der Waals surface area (Å²) in [7, 11) is -4.27. The Morgan fingerprint density at radius 2 is 1.07 bits per heavy atom. The lowest BCUT2D eigenvalue weighted by Gasteiger charge is -2.36. The van der Waals surface area contributed by atoms with Gasteiger partial charge >= 0.3 is 0 Å². The molecule has 4 fully saturated rings. The van der Waals surface area contributed by atoms with E-state index in [1.165, 1.54) is 94.8 Å². The van der Waals surface area contributed by atoms with Crippen molar-refractivity contribution in [1.82, 2.24) is 0 Å². The minimum absolute atomic E-state index is 0.227. The standard InChI is InChI=1S/C37H54O3S2/c1-26-33(27-14-6-2-7-15-27)22-31(23-34(26)28-16-8-3-9-17-28)41-32-24-35(29-18-10-4-11-19-29)37(42(38,39)40)36(25-32)30-20-12-5-13-21-30/h22-24,27-30,32H,2-21,25H2,1H3,(H,38,39,40). The molecule has 1 aromatic carbocycles. The first-order valence-corrected chi connectivity index (χ1v) is 19.9. The second kappa shape index (κ2) is 13.9. The Bertz CT molecular complexity index is 1210. The van der Waals surface area contributed by atoms with Gasteiger partial charge in [0.15, 0.2) is 0 Å². The second-order valence-electron chi connectivity index (χ2n) is 14.4. The van der Waals surface area contributed by atoms with Crippen LogP contribution < -0.4 is 0 Å². The molecule has 0 aliphatic heterocycles. The van der Waals surface area contributed by atoms with Crippen LogP contribution in [0.25, 0.3) is 0 Å². The summed E-state index contributed by atoms with van der Waals surface area (Å²) in [6.07, 6.45) is 27.8. The van der Waals surface area contributed by atoms with E-state index in [0.717, 1.165) is 56.1 Å². The molecular weight excluding hydrogens is 557 g/mol. The summed E-state index contributed by atoms with van der Waals surface area (Å²) >= 11 is 1.99. The highest BCUT2D eigenvalue weighted by atomic mass is 32.2. The molecule has 0 heterocycles. The van der Waals surface area contributed by atoms with Crippen LogP contribution in [-0.4, -0.2) is 18.2 Å². The van der Waals surface area contributed by atoms with Crippen molar-refractivity contribution in [3.05, 3.63) is 51.0 Å². The van der Waals surface area contributed by atoms with Gasteiger partial charge in [-0.25, -0.2) is 0 Å². The number of hydrogen-bond acceptors (Lipinski definition) is 3. The number of rotatable bonds is 7. The molecule has 0 radical (unpaired) electrons. The Kier molecular flexibility index (Phi) is 10.3. The first-order chi connectivity index (χ1) is 20.4. The van der Waals surface area contributed by atoms with Crippen LogP contribution in [0.3, 0.4) is 0 Å². The van der Waals surface area contributed by atoms with E-state index in [1.807, 2.05) is 11.8 Å². The summed E-state index contributed by atoms with van der Waals surface area (Å²) < 4.78 is 36.8. The highest BCUT2D eigenvalue weighted by Gasteiger charge is 2.37. The molecule has 5 heteroatoms. The summed E-state index contributed by atoms with van der Waals surface area (Å²) in [5.74, 6) is 1.92. The SMILES string of the molecule is Cc1c(C2CCCCC2)cc(SC2C=C(C3CCCCC3)C(S(=O)(=O)O)=C(C3CCCCC3)C2)cc1C1CCCCC1. The Hall–Kier alpha value is -1.04. The third-order valence-corrected chi connectivity index (χ3v) is 13.7. The molecule has 5 aliphatic rings. The van der Waals surface area contributed by atoms with Crippen molar-refractivity contribution < 1.29 is 13.0 Å². The predicted molar refractivity (Wildman–Crippen MR) is 177 cm³/mol. The van der Waals surface area contributed by atoms with Gasteiger partial charge < -0.3 is 0 Å². The first kappa shape index (κ1) is 31.0. The molecule has 0 bridgehead atoms. The summed E-state index contributed by atoms with van der Waals surface area (Å²) in [4.78, 5) is 1.73. The summed E-state index contributed by atoms with van der Waals surface area (Å²) in [5.41, 5.74) is 6.80. The summed E-state index contributed by atoms with van der Waals surface area (Å²) in [6, 6.07) is 5.08. The minimum atomic E-state index is -4.27. The average Bonchev–Trinajstić information content (AvgIpc) is 3.02. The lowest BCUT2D eigenvalue weighted by molar-refractivity contribution is 0.383. The molecule has 42 heavy (non-hydrogen) atoms. The van der Waals surface area contributed by atoms with Crippen LogP contribution in [0.15, 0.2) is 39.2 Å². The van der Waals surface area contributed by atoms with Crippen LogP contribution in [0.1, 0.15) is 163 Å². The van der Waals surface area contributed by atoms with Crippen LogP contribution in [0.5, 0.6) is 0 Å². The molecule has 6 rings (SSSR count). The highest BCUT2D eigenvalue weighted by Crippen LogP contribution is 2.49. The summed E-state index contributed by atoms with van der Waals surface area (Å²) in [5, 5.41) is 0.227. The highest BCUT2D eigenvalue weighted by molar-refractivity contribution is 8.00. The van der Waals surface area contributed by atoms with Gasteiger partial charge in [0.05, 0.1) is 4.91 Å². The normalized spacial score (nSPS) is 26.4. The van der Waals surface area contributed by atoms with Crippen LogP contribution in [0, 0.1) is 18.8 Å². The van der Waals surface area contributed by atoms with Gasteiger partial charge in [-0.2, -0.15) is 8.42 Å². The number of thioether (sulfide) groups is 1. The third kappa shape index (κ3) is 7.09. The smallest absolute Gasteiger partial charge is 0.282 e. The Morgan fingerprint density at radius 3 is 1.52 bits per heavy atom. The molecular formula is C37H54O3S2. The van der Waals surface area contributed by atoms with Crippen LogP contribution in [-0.2, 0) is 10.1 Å². The van der Waals surface area contributed by atoms with E-state index < -0.39 is 10.1 Å². The van der Waals surface area contributed by atoms with Crippen LogP contribution in [0.2, 0.25) is 0 Å². The van der Waals surface area contributed by atoms with Crippen molar-refractivity contribution in [2.75, 3.05) is 0 Å². The number of benzene rings is 1. The molecule has 0 spiro atoms. The maximum absolute atomic E-state index is 13.1. The monoisotopic (exact) mass is 610 g/mol. The van der Waals surface area contributed by atoms with Crippen molar-refractivity contribution in [1.29, 1.82) is 0 Å². The van der Waals surface area contributed by atoms with Crippen molar-refractivity contribution in [2.24, 2.45) is 11.8 Å². The van der Waals surface area contributed by atoms with Crippen molar-refractivity contribution in [3.8, 4) is 0 Å². The maximum atomic E-state index is 13.1. The van der Waals surface area contributed by atoms with Crippen LogP contribution in [0.4, 0.5) is 0 Å². The Balaban J connectivity index is 1.38. The van der Waals surface area contributed by atoms with Gasteiger partial charge in [0, 0.05) is 10.1 Å². The van der Waals surface area contributed by atoms with E-state index in [-0.39, 0.29) is 11.2 Å². The lowest BCUT2D eigenvalue weighted by atomic mass is 9.75. The number of hydrogen-bond donors (Lipinski definition) is 1. The molecule has 1 atom stereocenters. The molecule has 1 N–H and O–H groups in total. The molecule has 0 aromatic heterocycles. The first-order valence-electron chi connectivity index (χ1n) is 17.6. The van der Waals surface area contributed by atoms with Gasteiger partial charge in [-0.1, -0.05) is 83.1 Å². The molecule has 0 amide bonds. The van der Waals surface area contributed by atoms with Crippen molar-refractivity contribution in [2.45, 2.75) is 164 Å². The van der Waals surface area contributed by atoms with Gasteiger partial charge in [-0.3, -0.25) is 4.55 Å². The van der Waals surface area contributed by atoms with Crippen molar-refractivity contribution in [3.63, 3.8) is 0 Å². The molecule has 1 aromatic rings. The fourth-order valence-electron chi connectivity index (χ4n) is 9.41. The quantitative estimate of drug-likeness (QED) is 0.312. The van der Waals surface area contributed by atoms with Gasteiger partial charge in [0.2, 0.25) is 0 Å². The van der Waals surface area contributed by atoms with E-state index in [4.69, 9.17) is 0 Å². The molecule has 1 unspecified atom stereocenters. The van der Waals surface area contributed by atoms with E-state index >= 15 is 0 Å². The second-order valence-corrected chi connectivity index (χ2v) is 17.0. The summed E-state index contributed by atoms with van der Waals surface area (Å²) in [6.45, 7) is 2.41. The zero-order chi connectivity index (χ0) is 29.1. The zero-order valence-electron chi connectivity index (χ0n) is 26.0. The van der Waals surface area contributed by atoms with Gasteiger partial charge in [0.25, 0.3) is 10.1 Å². The average molecular weight is 611 g/mol. The van der Waals surface area contributed by atoms with Gasteiger partial charge in [-0.15, -0.1) is 11.8 Å². The topological polar surface area (TPSA) is 54.4 Å². The Labute approximate surface area is 260 Å². The van der Waals surface area contributed by atoms with Crippen molar-refractivity contribution >= 4 is 21.9 Å². The molecule has 4 saturated carbocycles. The minimum Gasteiger partial charge on any atom is -0.282 e. The van der Waals surface area contributed by atoms with Gasteiger partial charge in [-0.05, 0) is 128 Å². The molecule has 5 aliphatic carbocycles. The van der Waals surface area contributed by atoms with E-state index in [9.17, 15) is 13.0 Å². The van der Waals surface area contributed by atoms with Crippen LogP contribution >= 0.6 is 11.8 Å². The molecule has 232 valence electrons.